The van der Waals surface area contributed by atoms with Gasteiger partial charge in [0.25, 0.3) is 0 Å². The lowest BCUT2D eigenvalue weighted by Crippen LogP contribution is -1.97. The van der Waals surface area contributed by atoms with Crippen LogP contribution in [0.15, 0.2) is 0 Å². The summed E-state index contributed by atoms with van der Waals surface area (Å²) in [6.45, 7) is 10.4. The Labute approximate surface area is 146 Å². The molecule has 0 aliphatic heterocycles. The van der Waals surface area contributed by atoms with Crippen LogP contribution < -0.4 is 0 Å². The predicted molar refractivity (Wildman–Crippen MR) is 95.9 cm³/mol. The third kappa shape index (κ3) is 70.4. The van der Waals surface area contributed by atoms with Crippen molar-refractivity contribution in [2.24, 2.45) is 0 Å². The van der Waals surface area contributed by atoms with E-state index in [9.17, 15) is 19.2 Å². The number of carbonyl (C=O) groups is 4. The number of Topliss-reactive ketones (excluding diaryl/α,β-unsaturated/α-hetero) is 4. The molecule has 0 saturated heterocycles. The summed E-state index contributed by atoms with van der Waals surface area (Å²) in [5, 5.41) is 16.1. The fraction of sp³-hybridized carbons (Fsp3) is 0.778. The minimum Gasteiger partial charge on any atom is -0.396 e. The number of hydrogen-bond acceptors (Lipinski definition) is 6. The second-order valence-corrected chi connectivity index (χ2v) is 5.32. The van der Waals surface area contributed by atoms with Gasteiger partial charge >= 0.3 is 0 Å². The summed E-state index contributed by atoms with van der Waals surface area (Å²) in [4.78, 5) is 40.1. The Morgan fingerprint density at radius 3 is 0.792 bits per heavy atom. The van der Waals surface area contributed by atoms with Gasteiger partial charge < -0.3 is 10.2 Å². The molecule has 6 nitrogen and oxygen atoms in total. The van der Waals surface area contributed by atoms with Crippen LogP contribution in [0, 0.1) is 0 Å². The van der Waals surface area contributed by atoms with Crippen molar-refractivity contribution in [3.05, 3.63) is 0 Å². The third-order valence-electron chi connectivity index (χ3n) is 2.02. The molecular formula is C18H36O6. The molecule has 0 radical (unpaired) electrons. The van der Waals surface area contributed by atoms with Crippen LogP contribution >= 0.6 is 0 Å². The molecule has 6 heteroatoms. The monoisotopic (exact) mass is 348 g/mol. The number of unbranched alkanes of at least 4 members (excludes halogenated alkanes) is 2. The predicted octanol–water partition coefficient (Wildman–Crippen LogP) is 2.67. The van der Waals surface area contributed by atoms with Gasteiger partial charge in [-0.05, 0) is 40.5 Å². The molecule has 0 bridgehead atoms. The van der Waals surface area contributed by atoms with E-state index in [4.69, 9.17) is 10.2 Å². The summed E-state index contributed by atoms with van der Waals surface area (Å²) in [5.74, 6) is -0.250. The lowest BCUT2D eigenvalue weighted by molar-refractivity contribution is -0.126. The number of aliphatic hydroxyl groups is 2. The molecule has 24 heavy (non-hydrogen) atoms. The fourth-order valence-corrected chi connectivity index (χ4v) is 1.02. The summed E-state index contributed by atoms with van der Waals surface area (Å²) in [5.41, 5.74) is 0. The molecule has 0 aliphatic carbocycles. The molecular weight excluding hydrogens is 312 g/mol. The highest BCUT2D eigenvalue weighted by atomic mass is 16.3. The van der Waals surface area contributed by atoms with E-state index >= 15 is 0 Å². The van der Waals surface area contributed by atoms with E-state index in [-0.39, 0.29) is 36.0 Å². The SMILES string of the molecule is CC(=O)CC(C)=O.CC(=O)CC(C)=O.CCCCO.CCCCO. The Bertz CT molecular complexity index is 263. The highest BCUT2D eigenvalue weighted by molar-refractivity contribution is 5.97. The van der Waals surface area contributed by atoms with Crippen LogP contribution in [0.3, 0.4) is 0 Å². The van der Waals surface area contributed by atoms with E-state index in [1.165, 1.54) is 27.7 Å². The number of hydrogen-bond donors (Lipinski definition) is 2. The fourth-order valence-electron chi connectivity index (χ4n) is 1.02. The van der Waals surface area contributed by atoms with Crippen molar-refractivity contribution in [2.45, 2.75) is 80.1 Å². The smallest absolute Gasteiger partial charge is 0.137 e. The number of aliphatic hydroxyl groups excluding tert-OH is 2. The molecule has 0 amide bonds. The van der Waals surface area contributed by atoms with Gasteiger partial charge in [-0.2, -0.15) is 0 Å². The molecule has 0 aliphatic rings. The highest BCUT2D eigenvalue weighted by Gasteiger charge is 1.95. The van der Waals surface area contributed by atoms with Gasteiger partial charge in [-0.15, -0.1) is 0 Å². The van der Waals surface area contributed by atoms with E-state index in [1.54, 1.807) is 0 Å². The zero-order valence-corrected chi connectivity index (χ0v) is 16.2. The van der Waals surface area contributed by atoms with E-state index in [0.29, 0.717) is 13.2 Å². The van der Waals surface area contributed by atoms with Crippen LogP contribution in [-0.2, 0) is 19.2 Å². The summed E-state index contributed by atoms with van der Waals surface area (Å²) >= 11 is 0. The van der Waals surface area contributed by atoms with Crippen molar-refractivity contribution < 1.29 is 29.4 Å². The standard InChI is InChI=1S/2C5H8O2.2C4H10O/c2*1-4(6)3-5(2)7;2*1-2-3-4-5/h2*3H2,1-2H3;2*5H,2-4H2,1H3. The molecule has 144 valence electrons. The zero-order valence-electron chi connectivity index (χ0n) is 16.2. The van der Waals surface area contributed by atoms with Gasteiger partial charge in [0.1, 0.15) is 23.1 Å². The van der Waals surface area contributed by atoms with Crippen LogP contribution in [0.25, 0.3) is 0 Å². The van der Waals surface area contributed by atoms with Crippen LogP contribution in [0.1, 0.15) is 80.1 Å². The first-order valence-corrected chi connectivity index (χ1v) is 8.28. The van der Waals surface area contributed by atoms with Crippen molar-refractivity contribution in [1.82, 2.24) is 0 Å². The van der Waals surface area contributed by atoms with Gasteiger partial charge in [0.15, 0.2) is 0 Å². The first-order chi connectivity index (χ1) is 11.1. The molecule has 0 spiro atoms. The van der Waals surface area contributed by atoms with Gasteiger partial charge in [0, 0.05) is 13.2 Å². The maximum Gasteiger partial charge on any atom is 0.137 e. The third-order valence-corrected chi connectivity index (χ3v) is 2.02. The Balaban J connectivity index is -0.000000113. The maximum absolute atomic E-state index is 10.0. The molecule has 0 unspecified atom stereocenters. The van der Waals surface area contributed by atoms with Crippen molar-refractivity contribution in [2.75, 3.05) is 13.2 Å². The Hall–Kier alpha value is -1.40. The molecule has 0 aromatic carbocycles. The minimum absolute atomic E-state index is 0.0625. The zero-order chi connectivity index (χ0) is 20.0. The molecule has 0 aromatic heterocycles. The number of rotatable bonds is 8. The lowest BCUT2D eigenvalue weighted by Gasteiger charge is -1.81. The molecule has 0 saturated carbocycles. The summed E-state index contributed by atoms with van der Waals surface area (Å²) in [6.07, 6.45) is 4.24. The second kappa shape index (κ2) is 26.5. The summed E-state index contributed by atoms with van der Waals surface area (Å²) in [6, 6.07) is 0. The molecule has 0 heterocycles. The minimum atomic E-state index is -0.0625. The summed E-state index contributed by atoms with van der Waals surface area (Å²) < 4.78 is 0. The van der Waals surface area contributed by atoms with Crippen LogP contribution in [0.4, 0.5) is 0 Å². The largest absolute Gasteiger partial charge is 0.396 e. The van der Waals surface area contributed by atoms with Gasteiger partial charge in [-0.1, -0.05) is 26.7 Å². The van der Waals surface area contributed by atoms with E-state index in [2.05, 4.69) is 13.8 Å². The Morgan fingerprint density at radius 1 is 0.583 bits per heavy atom. The Morgan fingerprint density at radius 2 is 0.792 bits per heavy atom. The lowest BCUT2D eigenvalue weighted by atomic mass is 10.2. The molecule has 0 fully saturated rings. The topological polar surface area (TPSA) is 109 Å². The molecule has 2 N–H and O–H groups in total. The second-order valence-electron chi connectivity index (χ2n) is 5.32. The van der Waals surface area contributed by atoms with E-state index < -0.39 is 0 Å². The van der Waals surface area contributed by atoms with Crippen molar-refractivity contribution in [3.8, 4) is 0 Å². The average molecular weight is 348 g/mol. The van der Waals surface area contributed by atoms with E-state index in [1.807, 2.05) is 0 Å². The maximum atomic E-state index is 10.0. The number of ketones is 4. The van der Waals surface area contributed by atoms with Gasteiger partial charge in [-0.25, -0.2) is 0 Å². The van der Waals surface area contributed by atoms with Crippen molar-refractivity contribution in [3.63, 3.8) is 0 Å². The van der Waals surface area contributed by atoms with Crippen LogP contribution in [0.5, 0.6) is 0 Å². The van der Waals surface area contributed by atoms with Crippen molar-refractivity contribution >= 4 is 23.1 Å². The van der Waals surface area contributed by atoms with Gasteiger partial charge in [0.2, 0.25) is 0 Å². The Kier molecular flexibility index (Phi) is 33.6. The first kappa shape index (κ1) is 30.5. The van der Waals surface area contributed by atoms with Gasteiger partial charge in [0.05, 0.1) is 12.8 Å². The molecule has 0 rings (SSSR count). The van der Waals surface area contributed by atoms with E-state index in [0.717, 1.165) is 25.7 Å². The van der Waals surface area contributed by atoms with Gasteiger partial charge in [-0.3, -0.25) is 19.2 Å². The average Bonchev–Trinajstić information content (AvgIpc) is 2.39. The molecule has 0 aromatic rings. The first-order valence-electron chi connectivity index (χ1n) is 8.28. The molecule has 0 atom stereocenters. The van der Waals surface area contributed by atoms with Crippen LogP contribution in [-0.4, -0.2) is 46.6 Å². The quantitative estimate of drug-likeness (QED) is 0.653. The normalized spacial score (nSPS) is 8.33. The van der Waals surface area contributed by atoms with Crippen LogP contribution in [0.2, 0.25) is 0 Å². The van der Waals surface area contributed by atoms with Crippen molar-refractivity contribution in [1.29, 1.82) is 0 Å². The highest BCUT2D eigenvalue weighted by Crippen LogP contribution is 1.81. The summed E-state index contributed by atoms with van der Waals surface area (Å²) in [7, 11) is 0. The number of carbonyl (C=O) groups excluding carboxylic acids is 4.